The minimum Gasteiger partial charge on any atom is -0.359 e. The van der Waals surface area contributed by atoms with Gasteiger partial charge in [-0.3, -0.25) is 0 Å². The lowest BCUT2D eigenvalue weighted by molar-refractivity contribution is 0.753. The summed E-state index contributed by atoms with van der Waals surface area (Å²) in [5, 5.41) is 6.22. The second-order valence-corrected chi connectivity index (χ2v) is 15.9. The summed E-state index contributed by atoms with van der Waals surface area (Å²) in [5.74, 6) is 0.876. The average molecular weight is 766 g/mol. The van der Waals surface area contributed by atoms with Crippen LogP contribution in [0.1, 0.15) is 45.0 Å². The molecule has 9 aromatic carbocycles. The molecule has 1 N–H and O–H groups in total. The minimum absolute atomic E-state index is 0.00161. The van der Waals surface area contributed by atoms with Crippen molar-refractivity contribution in [2.24, 2.45) is 4.99 Å². The van der Waals surface area contributed by atoms with Gasteiger partial charge in [-0.1, -0.05) is 188 Å². The number of hydrogen-bond donors (Lipinski definition) is 1. The number of amidine groups is 1. The first-order chi connectivity index (χ1) is 29.8. The molecule has 3 aliphatic rings. The maximum Gasteiger partial charge on any atom is 0.134 e. The smallest absolute Gasteiger partial charge is 0.134 e. The van der Waals surface area contributed by atoms with Crippen LogP contribution in [0, 0.1) is 0 Å². The Labute approximate surface area is 350 Å². The second kappa shape index (κ2) is 13.7. The molecule has 1 atom stereocenters. The summed E-state index contributed by atoms with van der Waals surface area (Å²) in [4.78, 5) is 7.63. The summed E-state index contributed by atoms with van der Waals surface area (Å²) in [7, 11) is 0. The van der Waals surface area contributed by atoms with Gasteiger partial charge in [0.05, 0.1) is 28.5 Å². The van der Waals surface area contributed by atoms with Crippen LogP contribution in [0.4, 0.5) is 17.1 Å². The van der Waals surface area contributed by atoms with Gasteiger partial charge in [-0.15, -0.1) is 0 Å². The monoisotopic (exact) mass is 765 g/mol. The summed E-state index contributed by atoms with van der Waals surface area (Å²) < 4.78 is 0. The van der Waals surface area contributed by atoms with Crippen LogP contribution in [0.5, 0.6) is 0 Å². The van der Waals surface area contributed by atoms with Crippen LogP contribution >= 0.6 is 0 Å². The van der Waals surface area contributed by atoms with E-state index in [1.54, 1.807) is 0 Å². The summed E-state index contributed by atoms with van der Waals surface area (Å²) in [5.41, 5.74) is 17.5. The van der Waals surface area contributed by atoms with Crippen molar-refractivity contribution in [1.82, 2.24) is 5.32 Å². The van der Waals surface area contributed by atoms with Gasteiger partial charge in [-0.2, -0.15) is 0 Å². The van der Waals surface area contributed by atoms with Crippen LogP contribution < -0.4 is 10.2 Å². The molecule has 1 spiro atoms. The molecule has 0 saturated carbocycles. The Bertz CT molecular complexity index is 3120. The SMILES string of the molecule is C1=C(c2ccc(-c3ccc4c(c3)C3(c5ccccc5N(c5ccccc5)c5ccccc53)c3ccc5ccccc5c3-4)cc2)N=C(c2ccccc2)NC1c1ccccc1. The molecule has 0 fully saturated rings. The average Bonchev–Trinajstić information content (AvgIpc) is 3.63. The summed E-state index contributed by atoms with van der Waals surface area (Å²) in [6, 6.07) is 79.6. The Morgan fingerprint density at radius 1 is 0.450 bits per heavy atom. The van der Waals surface area contributed by atoms with Crippen LogP contribution in [0.2, 0.25) is 0 Å². The topological polar surface area (TPSA) is 27.6 Å². The molecule has 3 heteroatoms. The van der Waals surface area contributed by atoms with Crippen molar-refractivity contribution in [1.29, 1.82) is 0 Å². The first-order valence-corrected chi connectivity index (χ1v) is 20.8. The lowest BCUT2D eigenvalue weighted by Crippen LogP contribution is -2.36. The molecule has 282 valence electrons. The molecule has 3 nitrogen and oxygen atoms in total. The van der Waals surface area contributed by atoms with Gasteiger partial charge in [-0.05, 0) is 103 Å². The van der Waals surface area contributed by atoms with Gasteiger partial charge in [0.15, 0.2) is 0 Å². The van der Waals surface area contributed by atoms with Gasteiger partial charge in [-0.25, -0.2) is 4.99 Å². The van der Waals surface area contributed by atoms with Crippen molar-refractivity contribution in [2.45, 2.75) is 11.5 Å². The van der Waals surface area contributed by atoms with Crippen molar-refractivity contribution < 1.29 is 0 Å². The van der Waals surface area contributed by atoms with E-state index in [0.717, 1.165) is 28.3 Å². The molecule has 1 aliphatic carbocycles. The quantitative estimate of drug-likeness (QED) is 0.189. The van der Waals surface area contributed by atoms with E-state index in [9.17, 15) is 0 Å². The molecule has 0 radical (unpaired) electrons. The number of fused-ring (bicyclic) bond motifs is 11. The van der Waals surface area contributed by atoms with Gasteiger partial charge >= 0.3 is 0 Å². The van der Waals surface area contributed by atoms with Crippen molar-refractivity contribution in [3.05, 3.63) is 263 Å². The Balaban J connectivity index is 1.04. The Morgan fingerprint density at radius 3 is 1.78 bits per heavy atom. The molecule has 2 aliphatic heterocycles. The highest BCUT2D eigenvalue weighted by atomic mass is 15.2. The summed E-state index contributed by atoms with van der Waals surface area (Å²) in [6.45, 7) is 0. The van der Waals surface area contributed by atoms with Gasteiger partial charge < -0.3 is 10.2 Å². The minimum atomic E-state index is -0.544. The standard InChI is InChI=1S/C57H39N3/c1-4-17-40(18-5-1)51-37-52(59-56(58-51)42-19-6-2-7-20-42)41-30-28-38(29-31-41)43-32-34-46-50(36-43)57(49-35-33-39-16-10-11-23-45(39)55(46)49)47-24-12-14-26-53(47)60(44-21-8-3-9-22-44)54-27-15-13-25-48(54)57/h1-37,51H,(H,58,59). The lowest BCUT2D eigenvalue weighted by Gasteiger charge is -2.45. The maximum absolute atomic E-state index is 5.19. The zero-order valence-electron chi connectivity index (χ0n) is 32.8. The number of rotatable bonds is 5. The van der Waals surface area contributed by atoms with Crippen LogP contribution in [0.25, 0.3) is 38.7 Å². The van der Waals surface area contributed by atoms with Crippen LogP contribution in [0.3, 0.4) is 0 Å². The molecule has 1 unspecified atom stereocenters. The molecular weight excluding hydrogens is 727 g/mol. The first kappa shape index (κ1) is 34.3. The number of para-hydroxylation sites is 3. The molecule has 0 amide bonds. The molecule has 12 rings (SSSR count). The van der Waals surface area contributed by atoms with Gasteiger partial charge in [0, 0.05) is 11.3 Å². The largest absolute Gasteiger partial charge is 0.359 e. The highest BCUT2D eigenvalue weighted by Crippen LogP contribution is 2.64. The van der Waals surface area contributed by atoms with E-state index in [4.69, 9.17) is 4.99 Å². The normalized spacial score (nSPS) is 15.6. The summed E-state index contributed by atoms with van der Waals surface area (Å²) >= 11 is 0. The molecule has 0 aromatic heterocycles. The number of nitrogens with one attached hydrogen (secondary N) is 1. The van der Waals surface area contributed by atoms with E-state index in [2.05, 4.69) is 229 Å². The summed E-state index contributed by atoms with van der Waals surface area (Å²) in [6.07, 6.45) is 2.24. The van der Waals surface area contributed by atoms with Gasteiger partial charge in [0.25, 0.3) is 0 Å². The Hall–Kier alpha value is -7.75. The first-order valence-electron chi connectivity index (χ1n) is 20.8. The molecule has 60 heavy (non-hydrogen) atoms. The molecule has 0 saturated heterocycles. The van der Waals surface area contributed by atoms with E-state index in [-0.39, 0.29) is 6.04 Å². The maximum atomic E-state index is 5.19. The van der Waals surface area contributed by atoms with Crippen LogP contribution in [0.15, 0.2) is 229 Å². The number of anilines is 3. The van der Waals surface area contributed by atoms with Crippen molar-refractivity contribution in [3.63, 3.8) is 0 Å². The highest BCUT2D eigenvalue weighted by Gasteiger charge is 2.52. The zero-order valence-corrected chi connectivity index (χ0v) is 32.8. The second-order valence-electron chi connectivity index (χ2n) is 15.9. The Kier molecular flexibility index (Phi) is 7.82. The van der Waals surface area contributed by atoms with E-state index in [1.807, 2.05) is 6.07 Å². The van der Waals surface area contributed by atoms with Crippen molar-refractivity contribution in [3.8, 4) is 22.3 Å². The van der Waals surface area contributed by atoms with Gasteiger partial charge in [0.1, 0.15) is 5.84 Å². The predicted molar refractivity (Wildman–Crippen MR) is 248 cm³/mol. The fourth-order valence-corrected chi connectivity index (χ4v) is 10.1. The van der Waals surface area contributed by atoms with Crippen LogP contribution in [-0.4, -0.2) is 5.84 Å². The van der Waals surface area contributed by atoms with E-state index < -0.39 is 5.41 Å². The predicted octanol–water partition coefficient (Wildman–Crippen LogP) is 13.8. The molecular formula is C57H39N3. The van der Waals surface area contributed by atoms with Crippen molar-refractivity contribution >= 4 is 39.4 Å². The fourth-order valence-electron chi connectivity index (χ4n) is 10.1. The fraction of sp³-hybridized carbons (Fsp3) is 0.0351. The number of hydrogen-bond acceptors (Lipinski definition) is 3. The number of aliphatic imine (C=N–C) groups is 1. The highest BCUT2D eigenvalue weighted by molar-refractivity contribution is 6.07. The molecule has 0 bridgehead atoms. The molecule has 9 aromatic rings. The zero-order chi connectivity index (χ0) is 39.6. The van der Waals surface area contributed by atoms with E-state index in [0.29, 0.717) is 0 Å². The van der Waals surface area contributed by atoms with Crippen molar-refractivity contribution in [2.75, 3.05) is 4.90 Å². The third kappa shape index (κ3) is 5.19. The third-order valence-electron chi connectivity index (χ3n) is 12.7. The number of benzene rings is 9. The van der Waals surface area contributed by atoms with E-state index >= 15 is 0 Å². The van der Waals surface area contributed by atoms with Crippen LogP contribution in [-0.2, 0) is 5.41 Å². The Morgan fingerprint density at radius 2 is 1.05 bits per heavy atom. The lowest BCUT2D eigenvalue weighted by atomic mass is 9.64. The third-order valence-corrected chi connectivity index (χ3v) is 12.7. The molecule has 2 heterocycles. The van der Waals surface area contributed by atoms with Gasteiger partial charge in [0.2, 0.25) is 0 Å². The number of nitrogens with zero attached hydrogens (tertiary/aromatic N) is 2. The van der Waals surface area contributed by atoms with E-state index in [1.165, 1.54) is 72.2 Å².